The minimum atomic E-state index is -0.617. The zero-order chi connectivity index (χ0) is 24.7. The van der Waals surface area contributed by atoms with Crippen LogP contribution in [0.1, 0.15) is 18.1 Å². The van der Waals surface area contributed by atoms with E-state index in [4.69, 9.17) is 55.9 Å². The normalized spacial score (nSPS) is 11.0. The van der Waals surface area contributed by atoms with Crippen molar-refractivity contribution in [3.05, 3.63) is 91.4 Å². The van der Waals surface area contributed by atoms with Gasteiger partial charge in [-0.3, -0.25) is 4.79 Å². The molecule has 9 heteroatoms. The number of nitrogens with one attached hydrogen (secondary N) is 1. The van der Waals surface area contributed by atoms with Crippen LogP contribution in [0.25, 0.3) is 6.08 Å². The summed E-state index contributed by atoms with van der Waals surface area (Å²) < 4.78 is 11.6. The molecule has 0 heterocycles. The van der Waals surface area contributed by atoms with Gasteiger partial charge in [-0.2, -0.15) is 5.26 Å². The Kier molecular flexibility index (Phi) is 9.09. The average Bonchev–Trinajstić information content (AvgIpc) is 2.80. The Hall–Kier alpha value is -2.88. The summed E-state index contributed by atoms with van der Waals surface area (Å²) in [6.45, 7) is 2.36. The van der Waals surface area contributed by atoms with Crippen LogP contribution in [0, 0.1) is 11.3 Å². The molecule has 0 aromatic heterocycles. The fraction of sp³-hybridized carbons (Fsp3) is 0.120. The highest BCUT2D eigenvalue weighted by molar-refractivity contribution is 6.42. The van der Waals surface area contributed by atoms with Crippen LogP contribution in [0.3, 0.4) is 0 Å². The largest absolute Gasteiger partial charge is 0.490 e. The average molecular weight is 536 g/mol. The Bertz CT molecular complexity index is 1290. The summed E-state index contributed by atoms with van der Waals surface area (Å²) in [6.07, 6.45) is 1.40. The smallest absolute Gasteiger partial charge is 0.266 e. The van der Waals surface area contributed by atoms with Gasteiger partial charge in [0.2, 0.25) is 0 Å². The van der Waals surface area contributed by atoms with Gasteiger partial charge in [-0.1, -0.05) is 64.6 Å². The van der Waals surface area contributed by atoms with Crippen LogP contribution in [-0.4, -0.2) is 12.5 Å². The predicted molar refractivity (Wildman–Crippen MR) is 137 cm³/mol. The topological polar surface area (TPSA) is 71.3 Å². The fourth-order valence-corrected chi connectivity index (χ4v) is 3.69. The first kappa shape index (κ1) is 25.7. The second-order valence-electron chi connectivity index (χ2n) is 6.90. The van der Waals surface area contributed by atoms with Crippen molar-refractivity contribution in [3.63, 3.8) is 0 Å². The van der Waals surface area contributed by atoms with Crippen molar-refractivity contribution < 1.29 is 14.3 Å². The lowest BCUT2D eigenvalue weighted by Gasteiger charge is -2.15. The predicted octanol–water partition coefficient (Wildman–Crippen LogP) is 7.82. The van der Waals surface area contributed by atoms with Crippen molar-refractivity contribution in [1.82, 2.24) is 0 Å². The van der Waals surface area contributed by atoms with Gasteiger partial charge in [-0.25, -0.2) is 0 Å². The molecule has 1 N–H and O–H groups in total. The number of anilines is 1. The molecule has 0 bridgehead atoms. The Morgan fingerprint density at radius 1 is 0.971 bits per heavy atom. The number of ether oxygens (including phenoxy) is 2. The molecule has 1 amide bonds. The Labute approximate surface area is 217 Å². The zero-order valence-electron chi connectivity index (χ0n) is 17.9. The first-order valence-corrected chi connectivity index (χ1v) is 11.5. The van der Waals surface area contributed by atoms with Crippen molar-refractivity contribution >= 4 is 64.1 Å². The molecule has 0 aliphatic carbocycles. The van der Waals surface area contributed by atoms with E-state index in [0.717, 1.165) is 5.56 Å². The molecular weight excluding hydrogens is 518 g/mol. The lowest BCUT2D eigenvalue weighted by molar-refractivity contribution is -0.112. The molecule has 0 radical (unpaired) electrons. The monoisotopic (exact) mass is 534 g/mol. The van der Waals surface area contributed by atoms with Gasteiger partial charge in [0, 0.05) is 16.3 Å². The van der Waals surface area contributed by atoms with Crippen LogP contribution in [0.4, 0.5) is 5.69 Å². The second kappa shape index (κ2) is 12.0. The summed E-state index contributed by atoms with van der Waals surface area (Å²) in [7, 11) is 0. The molecule has 0 unspecified atom stereocenters. The summed E-state index contributed by atoms with van der Waals surface area (Å²) in [5.41, 5.74) is 1.53. The van der Waals surface area contributed by atoms with E-state index in [2.05, 4.69) is 5.32 Å². The number of carbonyl (C=O) groups is 1. The standard InChI is InChI=1S/C25H18Cl4N2O3/c1-2-33-23-11-15(10-22(29)24(23)34-14-16-5-3-4-6-19(16)26)9-17(13-30)25(32)31-18-7-8-20(27)21(28)12-18/h3-12H,2,14H2,1H3,(H,31,32)/b17-9+. The van der Waals surface area contributed by atoms with E-state index in [9.17, 15) is 10.1 Å². The van der Waals surface area contributed by atoms with Gasteiger partial charge in [-0.15, -0.1) is 0 Å². The first-order chi connectivity index (χ1) is 16.3. The van der Waals surface area contributed by atoms with Crippen LogP contribution >= 0.6 is 46.4 Å². The molecular formula is C25H18Cl4N2O3. The molecule has 0 aliphatic rings. The number of nitrogens with zero attached hydrogens (tertiary/aromatic N) is 1. The van der Waals surface area contributed by atoms with E-state index in [0.29, 0.717) is 39.4 Å². The van der Waals surface area contributed by atoms with Gasteiger partial charge >= 0.3 is 0 Å². The van der Waals surface area contributed by atoms with Crippen molar-refractivity contribution in [1.29, 1.82) is 5.26 Å². The van der Waals surface area contributed by atoms with Crippen molar-refractivity contribution in [2.45, 2.75) is 13.5 Å². The summed E-state index contributed by atoms with van der Waals surface area (Å²) in [4.78, 5) is 12.6. The van der Waals surface area contributed by atoms with E-state index in [-0.39, 0.29) is 22.2 Å². The highest BCUT2D eigenvalue weighted by Crippen LogP contribution is 2.38. The highest BCUT2D eigenvalue weighted by atomic mass is 35.5. The number of amides is 1. The number of rotatable bonds is 8. The summed E-state index contributed by atoms with van der Waals surface area (Å²) in [5, 5.41) is 13.6. The molecule has 0 atom stereocenters. The van der Waals surface area contributed by atoms with Crippen LogP contribution in [-0.2, 0) is 11.4 Å². The molecule has 0 fully saturated rings. The SMILES string of the molecule is CCOc1cc(/C=C(\C#N)C(=O)Nc2ccc(Cl)c(Cl)c2)cc(Cl)c1OCc1ccccc1Cl. The number of benzene rings is 3. The summed E-state index contributed by atoms with van der Waals surface area (Å²) in [6, 6.07) is 17.0. The third kappa shape index (κ3) is 6.59. The number of carbonyl (C=O) groups excluding carboxylic acids is 1. The molecule has 0 spiro atoms. The number of nitriles is 1. The first-order valence-electron chi connectivity index (χ1n) is 10.0. The molecule has 34 heavy (non-hydrogen) atoms. The van der Waals surface area contributed by atoms with E-state index in [1.165, 1.54) is 12.1 Å². The van der Waals surface area contributed by atoms with E-state index < -0.39 is 5.91 Å². The molecule has 174 valence electrons. The number of halogens is 4. The summed E-state index contributed by atoms with van der Waals surface area (Å²) >= 11 is 24.5. The maximum Gasteiger partial charge on any atom is 0.266 e. The van der Waals surface area contributed by atoms with Crippen molar-refractivity contribution in [3.8, 4) is 17.6 Å². The third-order valence-corrected chi connectivity index (χ3v) is 5.90. The molecule has 0 aliphatic heterocycles. The van der Waals surface area contributed by atoms with E-state index >= 15 is 0 Å². The fourth-order valence-electron chi connectivity index (χ4n) is 2.93. The molecule has 3 aromatic rings. The number of hydrogen-bond donors (Lipinski definition) is 1. The molecule has 3 rings (SSSR count). The van der Waals surface area contributed by atoms with Crippen LogP contribution < -0.4 is 14.8 Å². The van der Waals surface area contributed by atoms with Gasteiger partial charge in [-0.05, 0) is 55.0 Å². The maximum atomic E-state index is 12.6. The minimum Gasteiger partial charge on any atom is -0.490 e. The molecule has 3 aromatic carbocycles. The highest BCUT2D eigenvalue weighted by Gasteiger charge is 2.16. The van der Waals surface area contributed by atoms with E-state index in [1.54, 1.807) is 30.3 Å². The lowest BCUT2D eigenvalue weighted by Crippen LogP contribution is -2.13. The zero-order valence-corrected chi connectivity index (χ0v) is 20.9. The van der Waals surface area contributed by atoms with Crippen LogP contribution in [0.15, 0.2) is 60.2 Å². The van der Waals surface area contributed by atoms with Gasteiger partial charge in [0.15, 0.2) is 11.5 Å². The van der Waals surface area contributed by atoms with Gasteiger partial charge in [0.05, 0.1) is 21.7 Å². The maximum absolute atomic E-state index is 12.6. The Balaban J connectivity index is 1.86. The molecule has 5 nitrogen and oxygen atoms in total. The Morgan fingerprint density at radius 2 is 1.74 bits per heavy atom. The van der Waals surface area contributed by atoms with Gasteiger partial charge < -0.3 is 14.8 Å². The van der Waals surface area contributed by atoms with E-state index in [1.807, 2.05) is 31.2 Å². The summed E-state index contributed by atoms with van der Waals surface area (Å²) in [5.74, 6) is 0.0869. The molecule has 0 saturated carbocycles. The van der Waals surface area contributed by atoms with Crippen LogP contribution in [0.5, 0.6) is 11.5 Å². The number of hydrogen-bond acceptors (Lipinski definition) is 4. The quantitative estimate of drug-likeness (QED) is 0.235. The van der Waals surface area contributed by atoms with Crippen molar-refractivity contribution in [2.24, 2.45) is 0 Å². The third-order valence-electron chi connectivity index (χ3n) is 4.52. The Morgan fingerprint density at radius 3 is 2.41 bits per heavy atom. The van der Waals surface area contributed by atoms with Crippen molar-refractivity contribution in [2.75, 3.05) is 11.9 Å². The second-order valence-corrected chi connectivity index (χ2v) is 8.52. The van der Waals surface area contributed by atoms with Crippen LogP contribution in [0.2, 0.25) is 20.1 Å². The lowest BCUT2D eigenvalue weighted by atomic mass is 10.1. The minimum absolute atomic E-state index is 0.144. The molecule has 0 saturated heterocycles. The van der Waals surface area contributed by atoms with Gasteiger partial charge in [0.1, 0.15) is 18.2 Å². The van der Waals surface area contributed by atoms with Gasteiger partial charge in [0.25, 0.3) is 5.91 Å².